The van der Waals surface area contributed by atoms with E-state index in [-0.39, 0.29) is 17.5 Å². The zero-order valence-corrected chi connectivity index (χ0v) is 16.2. The molecular formula is C19H34N4O. The van der Waals surface area contributed by atoms with Crippen molar-refractivity contribution >= 4 is 5.91 Å². The van der Waals surface area contributed by atoms with Crippen LogP contribution >= 0.6 is 0 Å². The maximum Gasteiger partial charge on any atom is 0.265 e. The van der Waals surface area contributed by atoms with E-state index in [0.29, 0.717) is 11.8 Å². The molecule has 0 bridgehead atoms. The van der Waals surface area contributed by atoms with Crippen LogP contribution in [0.25, 0.3) is 0 Å². The maximum atomic E-state index is 12.8. The summed E-state index contributed by atoms with van der Waals surface area (Å²) in [7, 11) is 3.94. The van der Waals surface area contributed by atoms with Gasteiger partial charge in [-0.05, 0) is 44.8 Å². The molecule has 1 aliphatic heterocycles. The van der Waals surface area contributed by atoms with E-state index < -0.39 is 0 Å². The van der Waals surface area contributed by atoms with E-state index >= 15 is 0 Å². The Labute approximate surface area is 147 Å². The molecule has 0 aromatic heterocycles. The number of hydrogen-bond donors (Lipinski definition) is 0. The van der Waals surface area contributed by atoms with Gasteiger partial charge in [-0.2, -0.15) is 5.26 Å². The van der Waals surface area contributed by atoms with Crippen molar-refractivity contribution in [2.24, 2.45) is 11.8 Å². The lowest BCUT2D eigenvalue weighted by Crippen LogP contribution is -2.45. The van der Waals surface area contributed by atoms with Gasteiger partial charge in [-0.3, -0.25) is 4.79 Å². The molecule has 0 aliphatic carbocycles. The molecule has 0 aromatic rings. The maximum absolute atomic E-state index is 12.8. The van der Waals surface area contributed by atoms with Crippen LogP contribution in [0.4, 0.5) is 0 Å². The van der Waals surface area contributed by atoms with Crippen LogP contribution in [0.2, 0.25) is 0 Å². The molecule has 0 atom stereocenters. The normalized spacial score (nSPS) is 17.2. The molecule has 0 N–H and O–H groups in total. The minimum Gasteiger partial charge on any atom is -0.376 e. The minimum absolute atomic E-state index is 0.149. The zero-order valence-electron chi connectivity index (χ0n) is 16.2. The lowest BCUT2D eigenvalue weighted by atomic mass is 10.0. The van der Waals surface area contributed by atoms with Crippen LogP contribution in [0.1, 0.15) is 40.5 Å². The third kappa shape index (κ3) is 6.52. The smallest absolute Gasteiger partial charge is 0.265 e. The minimum atomic E-state index is -0.149. The van der Waals surface area contributed by atoms with Gasteiger partial charge in [0.2, 0.25) is 0 Å². The average Bonchev–Trinajstić information content (AvgIpc) is 2.50. The summed E-state index contributed by atoms with van der Waals surface area (Å²) in [6.45, 7) is 12.3. The predicted octanol–water partition coefficient (Wildman–Crippen LogP) is 2.56. The van der Waals surface area contributed by atoms with E-state index in [4.69, 9.17) is 0 Å². The number of piperidine rings is 1. The molecule has 1 heterocycles. The fourth-order valence-electron chi connectivity index (χ4n) is 3.17. The van der Waals surface area contributed by atoms with Crippen molar-refractivity contribution in [3.8, 4) is 6.07 Å². The molecule has 24 heavy (non-hydrogen) atoms. The summed E-state index contributed by atoms with van der Waals surface area (Å²) in [5.41, 5.74) is 0.248. The summed E-state index contributed by atoms with van der Waals surface area (Å²) < 4.78 is 0. The fraction of sp³-hybridized carbons (Fsp3) is 0.789. The highest BCUT2D eigenvalue weighted by atomic mass is 16.2. The summed E-state index contributed by atoms with van der Waals surface area (Å²) in [5, 5.41) is 9.50. The van der Waals surface area contributed by atoms with Gasteiger partial charge in [0.25, 0.3) is 5.91 Å². The van der Waals surface area contributed by atoms with Crippen LogP contribution in [0.5, 0.6) is 0 Å². The van der Waals surface area contributed by atoms with E-state index in [1.54, 1.807) is 11.1 Å². The van der Waals surface area contributed by atoms with Crippen molar-refractivity contribution in [3.05, 3.63) is 11.8 Å². The molecule has 5 heteroatoms. The van der Waals surface area contributed by atoms with Gasteiger partial charge < -0.3 is 14.7 Å². The highest BCUT2D eigenvalue weighted by Crippen LogP contribution is 2.17. The number of amides is 1. The molecule has 1 rings (SSSR count). The molecule has 1 aliphatic rings. The largest absolute Gasteiger partial charge is 0.376 e. The van der Waals surface area contributed by atoms with Crippen LogP contribution in [-0.4, -0.2) is 66.9 Å². The van der Waals surface area contributed by atoms with Gasteiger partial charge in [0.15, 0.2) is 0 Å². The van der Waals surface area contributed by atoms with Crippen LogP contribution in [-0.2, 0) is 4.79 Å². The molecule has 136 valence electrons. The Hall–Kier alpha value is -1.54. The van der Waals surface area contributed by atoms with Crippen molar-refractivity contribution in [2.75, 3.05) is 40.3 Å². The first kappa shape index (κ1) is 20.5. The summed E-state index contributed by atoms with van der Waals surface area (Å²) in [6, 6.07) is 2.36. The third-order valence-electron chi connectivity index (χ3n) is 4.42. The van der Waals surface area contributed by atoms with E-state index in [1.807, 2.05) is 7.05 Å². The average molecular weight is 335 g/mol. The molecule has 5 nitrogen and oxygen atoms in total. The molecule has 0 aromatic carbocycles. The number of likely N-dealkylation sites (N-methyl/N-ethyl adjacent to an activating group) is 1. The Morgan fingerprint density at radius 3 is 2.12 bits per heavy atom. The summed E-state index contributed by atoms with van der Waals surface area (Å²) in [4.78, 5) is 18.9. The van der Waals surface area contributed by atoms with Crippen molar-refractivity contribution < 1.29 is 4.79 Å². The number of nitriles is 1. The number of rotatable bonds is 7. The van der Waals surface area contributed by atoms with Crippen molar-refractivity contribution in [3.63, 3.8) is 0 Å². The van der Waals surface area contributed by atoms with Crippen molar-refractivity contribution in [1.29, 1.82) is 5.26 Å². The number of carbonyl (C=O) groups is 1. The topological polar surface area (TPSA) is 50.6 Å². The molecule has 1 saturated heterocycles. The second-order valence-corrected chi connectivity index (χ2v) is 7.85. The van der Waals surface area contributed by atoms with E-state index in [2.05, 4.69) is 50.6 Å². The Balaban J connectivity index is 2.83. The van der Waals surface area contributed by atoms with Gasteiger partial charge in [0.1, 0.15) is 11.6 Å². The predicted molar refractivity (Wildman–Crippen MR) is 98.2 cm³/mol. The third-order valence-corrected chi connectivity index (χ3v) is 4.42. The summed E-state index contributed by atoms with van der Waals surface area (Å²) >= 11 is 0. The molecule has 1 amide bonds. The van der Waals surface area contributed by atoms with Crippen LogP contribution in [0.15, 0.2) is 11.8 Å². The van der Waals surface area contributed by atoms with Gasteiger partial charge in [-0.15, -0.1) is 0 Å². The number of nitrogens with zero attached hydrogens (tertiary/aromatic N) is 4. The molecule has 1 fully saturated rings. The van der Waals surface area contributed by atoms with E-state index in [0.717, 1.165) is 39.0 Å². The second kappa shape index (κ2) is 9.68. The van der Waals surface area contributed by atoms with E-state index in [9.17, 15) is 10.1 Å². The van der Waals surface area contributed by atoms with Crippen molar-refractivity contribution in [1.82, 2.24) is 14.7 Å². The van der Waals surface area contributed by atoms with Gasteiger partial charge in [0, 0.05) is 32.4 Å². The summed E-state index contributed by atoms with van der Waals surface area (Å²) in [6.07, 6.45) is 3.71. The van der Waals surface area contributed by atoms with Gasteiger partial charge in [-0.25, -0.2) is 0 Å². The Morgan fingerprint density at radius 1 is 1.21 bits per heavy atom. The molecule has 0 saturated carbocycles. The van der Waals surface area contributed by atoms with Gasteiger partial charge >= 0.3 is 0 Å². The van der Waals surface area contributed by atoms with E-state index in [1.165, 1.54) is 0 Å². The van der Waals surface area contributed by atoms with Crippen LogP contribution < -0.4 is 0 Å². The number of hydrogen-bond acceptors (Lipinski definition) is 4. The van der Waals surface area contributed by atoms with Crippen molar-refractivity contribution in [2.45, 2.75) is 46.6 Å². The number of carbonyl (C=O) groups excluding carboxylic acids is 1. The summed E-state index contributed by atoms with van der Waals surface area (Å²) in [5.74, 6) is 0.827. The highest BCUT2D eigenvalue weighted by Gasteiger charge is 2.26. The Morgan fingerprint density at radius 2 is 1.71 bits per heavy atom. The van der Waals surface area contributed by atoms with Crippen LogP contribution in [0, 0.1) is 23.2 Å². The van der Waals surface area contributed by atoms with Crippen LogP contribution in [0.3, 0.4) is 0 Å². The second-order valence-electron chi connectivity index (χ2n) is 7.85. The molecular weight excluding hydrogens is 300 g/mol. The Bertz CT molecular complexity index is 460. The SMILES string of the molecule is CC(C)CN(/C=C(/C#N)C(=O)N(C)C1CCN(C)CC1)CC(C)C. The first-order valence-corrected chi connectivity index (χ1v) is 9.06. The number of likely N-dealkylation sites (tertiary alicyclic amines) is 1. The fourth-order valence-corrected chi connectivity index (χ4v) is 3.17. The molecule has 0 radical (unpaired) electrons. The molecule has 0 spiro atoms. The first-order valence-electron chi connectivity index (χ1n) is 9.06. The lowest BCUT2D eigenvalue weighted by molar-refractivity contribution is -0.128. The monoisotopic (exact) mass is 334 g/mol. The Kier molecular flexibility index (Phi) is 8.27. The standard InChI is InChI=1S/C19H34N4O/c1-15(2)12-23(13-16(3)4)14-17(11-20)19(24)22(6)18-7-9-21(5)10-8-18/h14-16,18H,7-10,12-13H2,1-6H3/b17-14-. The lowest BCUT2D eigenvalue weighted by Gasteiger charge is -2.35. The first-order chi connectivity index (χ1) is 11.2. The zero-order chi connectivity index (χ0) is 18.3. The van der Waals surface area contributed by atoms with Gasteiger partial charge in [-0.1, -0.05) is 27.7 Å². The molecule has 0 unspecified atom stereocenters. The highest BCUT2D eigenvalue weighted by molar-refractivity contribution is 5.97. The van der Waals surface area contributed by atoms with Gasteiger partial charge in [0.05, 0.1) is 0 Å². The quantitative estimate of drug-likeness (QED) is 0.530.